The molecule has 0 radical (unpaired) electrons. The Morgan fingerprint density at radius 3 is 2.90 bits per heavy atom. The Labute approximate surface area is 121 Å². The lowest BCUT2D eigenvalue weighted by Gasteiger charge is -2.23. The largest absolute Gasteiger partial charge is 0.478 e. The van der Waals surface area contributed by atoms with Gasteiger partial charge in [-0.1, -0.05) is 13.3 Å². The Hall–Kier alpha value is -1.36. The molecule has 1 atom stereocenters. The summed E-state index contributed by atoms with van der Waals surface area (Å²) in [7, 11) is 0. The van der Waals surface area contributed by atoms with Crippen molar-refractivity contribution >= 4 is 0 Å². The van der Waals surface area contributed by atoms with Crippen LogP contribution >= 0.6 is 0 Å². The van der Waals surface area contributed by atoms with Crippen LogP contribution in [0.15, 0.2) is 6.07 Å². The fourth-order valence-corrected chi connectivity index (χ4v) is 2.32. The molecule has 2 heterocycles. The smallest absolute Gasteiger partial charge is 0.319 e. The van der Waals surface area contributed by atoms with Gasteiger partial charge in [0, 0.05) is 17.8 Å². The summed E-state index contributed by atoms with van der Waals surface area (Å²) < 4.78 is 11.2. The Kier molecular flexibility index (Phi) is 6.05. The van der Waals surface area contributed by atoms with Crippen LogP contribution in [-0.2, 0) is 0 Å². The summed E-state index contributed by atoms with van der Waals surface area (Å²) in [6.45, 7) is 6.44. The van der Waals surface area contributed by atoms with Crippen LogP contribution in [0.2, 0.25) is 0 Å². The van der Waals surface area contributed by atoms with E-state index in [0.717, 1.165) is 25.1 Å². The Morgan fingerprint density at radius 2 is 2.15 bits per heavy atom. The highest BCUT2D eigenvalue weighted by Gasteiger charge is 2.12. The molecule has 1 aliphatic rings. The van der Waals surface area contributed by atoms with Crippen molar-refractivity contribution in [1.29, 1.82) is 0 Å². The predicted molar refractivity (Wildman–Crippen MR) is 78.3 cm³/mol. The third-order valence-corrected chi connectivity index (χ3v) is 3.37. The minimum atomic E-state index is 0.423. The number of hydrogen-bond donors (Lipinski definition) is 1. The number of aromatic nitrogens is 2. The van der Waals surface area contributed by atoms with E-state index in [9.17, 15) is 0 Å². The molecular weight excluding hydrogens is 254 g/mol. The summed E-state index contributed by atoms with van der Waals surface area (Å²) in [6, 6.07) is 2.84. The second-order valence-corrected chi connectivity index (χ2v) is 5.26. The molecule has 1 unspecified atom stereocenters. The van der Waals surface area contributed by atoms with E-state index in [-0.39, 0.29) is 0 Å². The predicted octanol–water partition coefficient (Wildman–Crippen LogP) is 2.48. The normalized spacial score (nSPS) is 18.8. The second-order valence-electron chi connectivity index (χ2n) is 5.26. The van der Waals surface area contributed by atoms with Gasteiger partial charge in [0.2, 0.25) is 5.88 Å². The van der Waals surface area contributed by atoms with E-state index in [1.807, 2.05) is 13.0 Å². The summed E-state index contributed by atoms with van der Waals surface area (Å²) in [5.41, 5.74) is 0.872. The number of nitrogens with one attached hydrogen (secondary N) is 1. The highest BCUT2D eigenvalue weighted by molar-refractivity contribution is 5.17. The van der Waals surface area contributed by atoms with E-state index in [1.54, 1.807) is 0 Å². The molecule has 20 heavy (non-hydrogen) atoms. The van der Waals surface area contributed by atoms with Gasteiger partial charge in [0.1, 0.15) is 0 Å². The van der Waals surface area contributed by atoms with E-state index in [1.165, 1.54) is 19.3 Å². The number of piperidine rings is 1. The topological polar surface area (TPSA) is 56.3 Å². The molecule has 1 saturated heterocycles. The zero-order valence-electron chi connectivity index (χ0n) is 12.5. The molecule has 1 fully saturated rings. The lowest BCUT2D eigenvalue weighted by atomic mass is 10.0. The van der Waals surface area contributed by atoms with Crippen molar-refractivity contribution in [2.45, 2.75) is 52.0 Å². The highest BCUT2D eigenvalue weighted by atomic mass is 16.5. The average Bonchev–Trinajstić information content (AvgIpc) is 2.46. The fraction of sp³-hybridized carbons (Fsp3) is 0.733. The summed E-state index contributed by atoms with van der Waals surface area (Å²) in [4.78, 5) is 8.57. The van der Waals surface area contributed by atoms with Crippen LogP contribution in [0.25, 0.3) is 0 Å². The molecule has 0 aromatic carbocycles. The van der Waals surface area contributed by atoms with E-state index in [0.29, 0.717) is 31.1 Å². The molecule has 1 aromatic heterocycles. The van der Waals surface area contributed by atoms with Crippen LogP contribution in [0.4, 0.5) is 0 Å². The molecule has 0 spiro atoms. The summed E-state index contributed by atoms with van der Waals surface area (Å²) in [5.74, 6) is 0.602. The van der Waals surface area contributed by atoms with Gasteiger partial charge in [-0.05, 0) is 39.2 Å². The Bertz CT molecular complexity index is 406. The zero-order chi connectivity index (χ0) is 14.2. The van der Waals surface area contributed by atoms with Crippen molar-refractivity contribution in [3.8, 4) is 11.9 Å². The summed E-state index contributed by atoms with van der Waals surface area (Å²) in [6.07, 6.45) is 5.81. The average molecular weight is 279 g/mol. The van der Waals surface area contributed by atoms with Gasteiger partial charge >= 0.3 is 6.01 Å². The minimum Gasteiger partial charge on any atom is -0.478 e. The van der Waals surface area contributed by atoms with Gasteiger partial charge in [0.15, 0.2) is 0 Å². The Balaban J connectivity index is 1.80. The molecular formula is C15H25N3O2. The maximum atomic E-state index is 5.67. The molecule has 1 N–H and O–H groups in total. The fourth-order valence-electron chi connectivity index (χ4n) is 2.32. The molecule has 0 saturated carbocycles. The molecule has 1 aromatic rings. The number of aryl methyl sites for hydroxylation is 1. The van der Waals surface area contributed by atoms with Crippen LogP contribution in [0.1, 0.15) is 44.7 Å². The lowest BCUT2D eigenvalue weighted by Crippen LogP contribution is -2.35. The first-order chi connectivity index (χ1) is 9.78. The van der Waals surface area contributed by atoms with Gasteiger partial charge in [-0.3, -0.25) is 0 Å². The zero-order valence-corrected chi connectivity index (χ0v) is 12.5. The number of ether oxygens (including phenoxy) is 2. The van der Waals surface area contributed by atoms with Crippen LogP contribution < -0.4 is 14.8 Å². The lowest BCUT2D eigenvalue weighted by molar-refractivity contribution is 0.243. The van der Waals surface area contributed by atoms with Gasteiger partial charge in [0.25, 0.3) is 0 Å². The number of rotatable bonds is 7. The number of hydrogen-bond acceptors (Lipinski definition) is 5. The molecule has 1 aliphatic heterocycles. The highest BCUT2D eigenvalue weighted by Crippen LogP contribution is 2.15. The van der Waals surface area contributed by atoms with Gasteiger partial charge in [-0.25, -0.2) is 4.98 Å². The summed E-state index contributed by atoms with van der Waals surface area (Å²) in [5, 5.41) is 3.51. The first-order valence-electron chi connectivity index (χ1n) is 7.62. The van der Waals surface area contributed by atoms with E-state index >= 15 is 0 Å². The van der Waals surface area contributed by atoms with Gasteiger partial charge in [-0.15, -0.1) is 0 Å². The van der Waals surface area contributed by atoms with Crippen LogP contribution in [-0.4, -0.2) is 35.8 Å². The van der Waals surface area contributed by atoms with Crippen LogP contribution in [0.3, 0.4) is 0 Å². The maximum Gasteiger partial charge on any atom is 0.319 e. The minimum absolute atomic E-state index is 0.423. The van der Waals surface area contributed by atoms with Crippen molar-refractivity contribution in [2.24, 2.45) is 0 Å². The maximum absolute atomic E-state index is 5.67. The molecule has 112 valence electrons. The van der Waals surface area contributed by atoms with E-state index in [2.05, 4.69) is 22.2 Å². The first kappa shape index (κ1) is 15.0. The van der Waals surface area contributed by atoms with E-state index in [4.69, 9.17) is 9.47 Å². The molecule has 0 bridgehead atoms. The van der Waals surface area contributed by atoms with Gasteiger partial charge in [-0.2, -0.15) is 4.98 Å². The molecule has 0 aliphatic carbocycles. The molecule has 5 heteroatoms. The SMILES string of the molecule is CCCOc1cc(C)nc(OCCC2CCCCN2)n1. The van der Waals surface area contributed by atoms with E-state index < -0.39 is 0 Å². The Morgan fingerprint density at radius 1 is 1.25 bits per heavy atom. The van der Waals surface area contributed by atoms with Crippen molar-refractivity contribution in [3.05, 3.63) is 11.8 Å². The van der Waals surface area contributed by atoms with Crippen LogP contribution in [0, 0.1) is 6.92 Å². The monoisotopic (exact) mass is 279 g/mol. The standard InChI is InChI=1S/C15H25N3O2/c1-3-9-19-14-11-12(2)17-15(18-14)20-10-7-13-6-4-5-8-16-13/h11,13,16H,3-10H2,1-2H3. The quantitative estimate of drug-likeness (QED) is 0.831. The number of nitrogens with zero attached hydrogens (tertiary/aromatic N) is 2. The molecule has 2 rings (SSSR count). The second kappa shape index (κ2) is 8.04. The van der Waals surface area contributed by atoms with Crippen molar-refractivity contribution in [2.75, 3.05) is 19.8 Å². The third-order valence-electron chi connectivity index (χ3n) is 3.37. The first-order valence-corrected chi connectivity index (χ1v) is 7.62. The molecule has 5 nitrogen and oxygen atoms in total. The molecule has 0 amide bonds. The van der Waals surface area contributed by atoms with Crippen molar-refractivity contribution in [3.63, 3.8) is 0 Å². The van der Waals surface area contributed by atoms with Gasteiger partial charge < -0.3 is 14.8 Å². The van der Waals surface area contributed by atoms with Crippen molar-refractivity contribution < 1.29 is 9.47 Å². The van der Waals surface area contributed by atoms with Crippen LogP contribution in [0.5, 0.6) is 11.9 Å². The third kappa shape index (κ3) is 4.96. The van der Waals surface area contributed by atoms with Crippen molar-refractivity contribution in [1.82, 2.24) is 15.3 Å². The summed E-state index contributed by atoms with van der Waals surface area (Å²) >= 11 is 0. The van der Waals surface area contributed by atoms with Gasteiger partial charge in [0.05, 0.1) is 13.2 Å².